The smallest absolute Gasteiger partial charge is 0.161 e. The average molecular weight is 404 g/mol. The Hall–Kier alpha value is -0.220. The van der Waals surface area contributed by atoms with Crippen molar-refractivity contribution in [2.45, 2.75) is 30.5 Å². The van der Waals surface area contributed by atoms with Gasteiger partial charge in [0.1, 0.15) is 0 Å². The predicted molar refractivity (Wildman–Crippen MR) is 87.9 cm³/mol. The molecule has 0 aliphatic heterocycles. The SMILES string of the molecule is COc1cc(Br)c(C(Br)C2C3CCCCC32)cc1OC. The van der Waals surface area contributed by atoms with Gasteiger partial charge in [-0.1, -0.05) is 44.7 Å². The third-order valence-electron chi connectivity index (χ3n) is 4.86. The topological polar surface area (TPSA) is 18.5 Å². The number of rotatable bonds is 4. The van der Waals surface area contributed by atoms with Crippen molar-refractivity contribution in [3.63, 3.8) is 0 Å². The summed E-state index contributed by atoms with van der Waals surface area (Å²) in [6, 6.07) is 4.11. The zero-order valence-corrected chi connectivity index (χ0v) is 15.0. The lowest BCUT2D eigenvalue weighted by Gasteiger charge is -2.16. The maximum Gasteiger partial charge on any atom is 0.161 e. The van der Waals surface area contributed by atoms with Gasteiger partial charge < -0.3 is 9.47 Å². The van der Waals surface area contributed by atoms with E-state index >= 15 is 0 Å². The second-order valence-corrected chi connectivity index (χ2v) is 7.66. The molecular formula is C16H20Br2O2. The summed E-state index contributed by atoms with van der Waals surface area (Å²) in [5, 5.41) is 0. The van der Waals surface area contributed by atoms with Crippen molar-refractivity contribution in [1.29, 1.82) is 0 Å². The summed E-state index contributed by atoms with van der Waals surface area (Å²) in [7, 11) is 3.36. The van der Waals surface area contributed by atoms with E-state index in [2.05, 4.69) is 37.9 Å². The molecule has 0 heterocycles. The zero-order valence-electron chi connectivity index (χ0n) is 11.9. The van der Waals surface area contributed by atoms with Crippen molar-refractivity contribution >= 4 is 31.9 Å². The number of alkyl halides is 1. The largest absolute Gasteiger partial charge is 0.493 e. The van der Waals surface area contributed by atoms with Gasteiger partial charge >= 0.3 is 0 Å². The van der Waals surface area contributed by atoms with Crippen LogP contribution in [0.3, 0.4) is 0 Å². The number of hydrogen-bond acceptors (Lipinski definition) is 2. The van der Waals surface area contributed by atoms with Gasteiger partial charge in [-0.15, -0.1) is 0 Å². The molecule has 2 nitrogen and oxygen atoms in total. The van der Waals surface area contributed by atoms with E-state index in [1.54, 1.807) is 14.2 Å². The minimum Gasteiger partial charge on any atom is -0.493 e. The Balaban J connectivity index is 1.86. The lowest BCUT2D eigenvalue weighted by Crippen LogP contribution is -1.99. The summed E-state index contributed by atoms with van der Waals surface area (Å²) in [5.41, 5.74) is 1.28. The number of hydrogen-bond donors (Lipinski definition) is 0. The molecule has 3 rings (SSSR count). The zero-order chi connectivity index (χ0) is 14.3. The van der Waals surface area contributed by atoms with Crippen molar-refractivity contribution in [2.75, 3.05) is 14.2 Å². The molecular weight excluding hydrogens is 384 g/mol. The molecule has 3 unspecified atom stereocenters. The van der Waals surface area contributed by atoms with E-state index in [0.29, 0.717) is 4.83 Å². The Morgan fingerprint density at radius 2 is 1.60 bits per heavy atom. The predicted octanol–water partition coefficient (Wildman–Crippen LogP) is 5.34. The number of halogens is 2. The Morgan fingerprint density at radius 3 is 2.15 bits per heavy atom. The molecule has 0 bridgehead atoms. The van der Waals surface area contributed by atoms with E-state index in [0.717, 1.165) is 33.7 Å². The lowest BCUT2D eigenvalue weighted by atomic mass is 10.0. The normalized spacial score (nSPS) is 29.5. The van der Waals surface area contributed by atoms with E-state index in [1.807, 2.05) is 6.07 Å². The quantitative estimate of drug-likeness (QED) is 0.631. The van der Waals surface area contributed by atoms with E-state index in [9.17, 15) is 0 Å². The first-order chi connectivity index (χ1) is 9.67. The highest BCUT2D eigenvalue weighted by molar-refractivity contribution is 9.11. The van der Waals surface area contributed by atoms with Crippen molar-refractivity contribution < 1.29 is 9.47 Å². The van der Waals surface area contributed by atoms with Gasteiger partial charge in [-0.25, -0.2) is 0 Å². The maximum absolute atomic E-state index is 5.43. The van der Waals surface area contributed by atoms with Gasteiger partial charge in [0, 0.05) is 9.30 Å². The monoisotopic (exact) mass is 402 g/mol. The van der Waals surface area contributed by atoms with Gasteiger partial charge in [0.25, 0.3) is 0 Å². The van der Waals surface area contributed by atoms with Crippen LogP contribution in [0.5, 0.6) is 11.5 Å². The van der Waals surface area contributed by atoms with Crippen LogP contribution in [0.2, 0.25) is 0 Å². The Bertz CT molecular complexity index is 491. The van der Waals surface area contributed by atoms with Crippen LogP contribution in [0, 0.1) is 17.8 Å². The number of fused-ring (bicyclic) bond motifs is 1. The molecule has 2 saturated carbocycles. The maximum atomic E-state index is 5.43. The molecule has 0 aromatic heterocycles. The second-order valence-electron chi connectivity index (χ2n) is 5.82. The van der Waals surface area contributed by atoms with Gasteiger partial charge in [-0.05, 0) is 48.3 Å². The van der Waals surface area contributed by atoms with Crippen molar-refractivity contribution in [1.82, 2.24) is 0 Å². The molecule has 0 spiro atoms. The minimum absolute atomic E-state index is 0.407. The van der Waals surface area contributed by atoms with Gasteiger partial charge in [0.05, 0.1) is 14.2 Å². The molecule has 110 valence electrons. The third kappa shape index (κ3) is 2.50. The molecule has 20 heavy (non-hydrogen) atoms. The fourth-order valence-electron chi connectivity index (χ4n) is 3.77. The van der Waals surface area contributed by atoms with Gasteiger partial charge in [0.2, 0.25) is 0 Å². The molecule has 0 radical (unpaired) electrons. The van der Waals surface area contributed by atoms with Crippen LogP contribution in [0.15, 0.2) is 16.6 Å². The van der Waals surface area contributed by atoms with Crippen LogP contribution in [0.25, 0.3) is 0 Å². The molecule has 2 aliphatic carbocycles. The Labute approximate surface area is 137 Å². The Morgan fingerprint density at radius 1 is 1.05 bits per heavy atom. The van der Waals surface area contributed by atoms with Crippen LogP contribution in [0.1, 0.15) is 36.1 Å². The average Bonchev–Trinajstić information content (AvgIpc) is 3.20. The highest BCUT2D eigenvalue weighted by atomic mass is 79.9. The van der Waals surface area contributed by atoms with E-state index in [4.69, 9.17) is 9.47 Å². The molecule has 0 saturated heterocycles. The summed E-state index contributed by atoms with van der Waals surface area (Å²) < 4.78 is 11.9. The standard InChI is InChI=1S/C16H20Br2O2/c1-19-13-7-11(12(17)8-14(13)20-2)16(18)15-9-5-3-4-6-10(9)15/h7-10,15-16H,3-6H2,1-2H3. The fraction of sp³-hybridized carbons (Fsp3) is 0.625. The number of methoxy groups -OCH3 is 2. The first-order valence-electron chi connectivity index (χ1n) is 7.23. The summed E-state index contributed by atoms with van der Waals surface area (Å²) in [6.07, 6.45) is 5.62. The van der Waals surface area contributed by atoms with E-state index in [1.165, 1.54) is 31.2 Å². The van der Waals surface area contributed by atoms with Crippen LogP contribution in [-0.2, 0) is 0 Å². The molecule has 4 heteroatoms. The van der Waals surface area contributed by atoms with Crippen molar-refractivity contribution in [3.8, 4) is 11.5 Å². The van der Waals surface area contributed by atoms with E-state index in [-0.39, 0.29) is 0 Å². The van der Waals surface area contributed by atoms with Gasteiger partial charge in [0.15, 0.2) is 11.5 Å². The summed E-state index contributed by atoms with van der Waals surface area (Å²) in [5.74, 6) is 4.21. The van der Waals surface area contributed by atoms with E-state index < -0.39 is 0 Å². The van der Waals surface area contributed by atoms with Crippen molar-refractivity contribution in [2.24, 2.45) is 17.8 Å². The van der Waals surface area contributed by atoms with Crippen LogP contribution in [0.4, 0.5) is 0 Å². The van der Waals surface area contributed by atoms with Gasteiger partial charge in [-0.3, -0.25) is 0 Å². The molecule has 1 aromatic carbocycles. The molecule has 0 amide bonds. The summed E-state index contributed by atoms with van der Waals surface area (Å²) in [4.78, 5) is 0.407. The number of ether oxygens (including phenoxy) is 2. The van der Waals surface area contributed by atoms with Crippen LogP contribution >= 0.6 is 31.9 Å². The van der Waals surface area contributed by atoms with Crippen molar-refractivity contribution in [3.05, 3.63) is 22.2 Å². The minimum atomic E-state index is 0.407. The molecule has 3 atom stereocenters. The van der Waals surface area contributed by atoms with Gasteiger partial charge in [-0.2, -0.15) is 0 Å². The van der Waals surface area contributed by atoms with Crippen LogP contribution < -0.4 is 9.47 Å². The molecule has 2 aliphatic rings. The fourth-order valence-corrected chi connectivity index (χ4v) is 5.81. The summed E-state index contributed by atoms with van der Waals surface area (Å²) in [6.45, 7) is 0. The first kappa shape index (κ1) is 14.7. The lowest BCUT2D eigenvalue weighted by molar-refractivity contribution is 0.354. The van der Waals surface area contributed by atoms with Crippen LogP contribution in [-0.4, -0.2) is 14.2 Å². The third-order valence-corrected chi connectivity index (χ3v) is 6.65. The summed E-state index contributed by atoms with van der Waals surface area (Å²) >= 11 is 7.62. The molecule has 2 fully saturated rings. The highest BCUT2D eigenvalue weighted by Gasteiger charge is 2.54. The molecule has 1 aromatic rings. The Kier molecular flexibility index (Phi) is 4.32. The first-order valence-corrected chi connectivity index (χ1v) is 8.93. The highest BCUT2D eigenvalue weighted by Crippen LogP contribution is 2.63. The number of benzene rings is 1. The second kappa shape index (κ2) is 5.88. The molecule has 0 N–H and O–H groups in total.